The highest BCUT2D eigenvalue weighted by Gasteiger charge is 2.33. The number of para-hydroxylation sites is 1. The first kappa shape index (κ1) is 18.3. The minimum Gasteiger partial charge on any atom is -0.358 e. The fourth-order valence-corrected chi connectivity index (χ4v) is 2.92. The van der Waals surface area contributed by atoms with Gasteiger partial charge >= 0.3 is 6.18 Å². The van der Waals surface area contributed by atoms with Gasteiger partial charge in [0.05, 0.1) is 11.3 Å². The van der Waals surface area contributed by atoms with E-state index < -0.39 is 11.7 Å². The number of benzene rings is 2. The second kappa shape index (κ2) is 7.79. The Morgan fingerprint density at radius 3 is 2.46 bits per heavy atom. The minimum absolute atomic E-state index is 0.0797. The summed E-state index contributed by atoms with van der Waals surface area (Å²) < 4.78 is 42.8. The molecule has 134 valence electrons. The van der Waals surface area contributed by atoms with E-state index >= 15 is 0 Å². The maximum Gasteiger partial charge on any atom is 0.418 e. The lowest BCUT2D eigenvalue weighted by Gasteiger charge is -2.15. The predicted molar refractivity (Wildman–Crippen MR) is 99.8 cm³/mol. The molecule has 0 radical (unpaired) electrons. The van der Waals surface area contributed by atoms with Gasteiger partial charge in [0.15, 0.2) is 5.11 Å². The topological polar surface area (TPSA) is 49.8 Å². The van der Waals surface area contributed by atoms with Crippen LogP contribution in [0.25, 0.3) is 11.3 Å². The number of alkyl halides is 3. The summed E-state index contributed by atoms with van der Waals surface area (Å²) in [6, 6.07) is 12.8. The normalized spacial score (nSPS) is 11.2. The second-order valence-electron chi connectivity index (χ2n) is 5.34. The van der Waals surface area contributed by atoms with Crippen molar-refractivity contribution >= 4 is 34.6 Å². The van der Waals surface area contributed by atoms with Crippen LogP contribution in [0.15, 0.2) is 53.9 Å². The maximum atomic E-state index is 13.0. The van der Waals surface area contributed by atoms with E-state index in [2.05, 4.69) is 20.2 Å². The molecule has 9 heteroatoms. The Morgan fingerprint density at radius 2 is 1.81 bits per heavy atom. The average Bonchev–Trinajstić information content (AvgIpc) is 3.15. The van der Waals surface area contributed by atoms with Gasteiger partial charge in [-0.2, -0.15) is 13.2 Å². The minimum atomic E-state index is -4.44. The summed E-state index contributed by atoms with van der Waals surface area (Å²) in [6.07, 6.45) is -4.44. The van der Waals surface area contributed by atoms with E-state index in [1.807, 2.05) is 29.6 Å². The summed E-state index contributed by atoms with van der Waals surface area (Å²) in [5, 5.41) is 11.5. The van der Waals surface area contributed by atoms with Crippen LogP contribution in [-0.4, -0.2) is 14.7 Å². The van der Waals surface area contributed by atoms with Crippen molar-refractivity contribution in [1.29, 1.82) is 0 Å². The molecule has 0 fully saturated rings. The summed E-state index contributed by atoms with van der Waals surface area (Å²) in [5.74, 6) is 0. The first-order chi connectivity index (χ1) is 12.4. The van der Waals surface area contributed by atoms with E-state index in [0.29, 0.717) is 6.54 Å². The zero-order chi connectivity index (χ0) is 18.6. The van der Waals surface area contributed by atoms with Gasteiger partial charge in [0.25, 0.3) is 0 Å². The lowest BCUT2D eigenvalue weighted by Crippen LogP contribution is -2.28. The summed E-state index contributed by atoms with van der Waals surface area (Å²) in [4.78, 5) is 0. The fourth-order valence-electron chi connectivity index (χ4n) is 2.27. The molecule has 0 bridgehead atoms. The number of anilines is 1. The van der Waals surface area contributed by atoms with Crippen LogP contribution in [-0.2, 0) is 12.7 Å². The Morgan fingerprint density at radius 1 is 1.08 bits per heavy atom. The molecule has 0 unspecified atom stereocenters. The Labute approximate surface area is 157 Å². The van der Waals surface area contributed by atoms with Crippen molar-refractivity contribution in [3.05, 3.63) is 65.0 Å². The Balaban J connectivity index is 1.60. The maximum absolute atomic E-state index is 13.0. The van der Waals surface area contributed by atoms with Gasteiger partial charge in [-0.3, -0.25) is 0 Å². The van der Waals surface area contributed by atoms with Gasteiger partial charge in [-0.25, -0.2) is 0 Å². The standard InChI is InChI=1S/C17H13F3N4S2/c18-17(19,20)13-3-1-2-4-14(13)22-16(25)21-9-11-5-7-12(8-6-11)15-10-26-24-23-15/h1-8,10H,9H2,(H2,21,22,25). The molecule has 2 N–H and O–H groups in total. The third kappa shape index (κ3) is 4.55. The number of nitrogens with zero attached hydrogens (tertiary/aromatic N) is 2. The first-order valence-corrected chi connectivity index (χ1v) is 8.75. The third-order valence-corrected chi connectivity index (χ3v) is 4.29. The van der Waals surface area contributed by atoms with Crippen LogP contribution >= 0.6 is 23.8 Å². The van der Waals surface area contributed by atoms with Crippen molar-refractivity contribution in [3.8, 4) is 11.3 Å². The van der Waals surface area contributed by atoms with Crippen molar-refractivity contribution in [2.75, 3.05) is 5.32 Å². The van der Waals surface area contributed by atoms with Crippen LogP contribution in [0.2, 0.25) is 0 Å². The number of nitrogens with one attached hydrogen (secondary N) is 2. The first-order valence-electron chi connectivity index (χ1n) is 7.51. The molecule has 0 saturated carbocycles. The molecule has 1 heterocycles. The number of halogens is 3. The number of aromatic nitrogens is 2. The van der Waals surface area contributed by atoms with Crippen LogP contribution in [0, 0.1) is 0 Å². The van der Waals surface area contributed by atoms with Crippen LogP contribution in [0.4, 0.5) is 18.9 Å². The summed E-state index contributed by atoms with van der Waals surface area (Å²) >= 11 is 6.38. The molecule has 26 heavy (non-hydrogen) atoms. The monoisotopic (exact) mass is 394 g/mol. The zero-order valence-electron chi connectivity index (χ0n) is 13.2. The van der Waals surface area contributed by atoms with Gasteiger partial charge in [0.1, 0.15) is 5.69 Å². The van der Waals surface area contributed by atoms with Crippen LogP contribution < -0.4 is 10.6 Å². The van der Waals surface area contributed by atoms with Gasteiger partial charge < -0.3 is 10.6 Å². The Kier molecular flexibility index (Phi) is 5.48. The highest BCUT2D eigenvalue weighted by molar-refractivity contribution is 7.80. The molecule has 3 aromatic rings. The number of thiocarbonyl (C=S) groups is 1. The summed E-state index contributed by atoms with van der Waals surface area (Å²) in [5.41, 5.74) is 1.84. The SMILES string of the molecule is FC(F)(F)c1ccccc1NC(=S)NCc1ccc(-c2csnn2)cc1. The van der Waals surface area contributed by atoms with Gasteiger partial charge in [-0.15, -0.1) is 5.10 Å². The Hall–Kier alpha value is -2.52. The fraction of sp³-hybridized carbons (Fsp3) is 0.118. The number of hydrogen-bond acceptors (Lipinski definition) is 4. The molecule has 0 aliphatic rings. The zero-order valence-corrected chi connectivity index (χ0v) is 14.9. The molecule has 0 aliphatic carbocycles. The highest BCUT2D eigenvalue weighted by Crippen LogP contribution is 2.34. The number of hydrogen-bond donors (Lipinski definition) is 2. The van der Waals surface area contributed by atoms with E-state index in [-0.39, 0.29) is 10.8 Å². The second-order valence-corrected chi connectivity index (χ2v) is 6.36. The molecule has 0 atom stereocenters. The molecule has 4 nitrogen and oxygen atoms in total. The molecule has 0 amide bonds. The molecule has 3 rings (SSSR count). The van der Waals surface area contributed by atoms with Crippen LogP contribution in [0.1, 0.15) is 11.1 Å². The molecule has 0 saturated heterocycles. The molecule has 2 aromatic carbocycles. The van der Waals surface area contributed by atoms with Crippen molar-refractivity contribution in [2.45, 2.75) is 12.7 Å². The van der Waals surface area contributed by atoms with E-state index in [1.165, 1.54) is 29.7 Å². The smallest absolute Gasteiger partial charge is 0.358 e. The van der Waals surface area contributed by atoms with Gasteiger partial charge in [-0.05, 0) is 41.4 Å². The summed E-state index contributed by atoms with van der Waals surface area (Å²) in [6.45, 7) is 0.385. The molecular formula is C17H13F3N4S2. The summed E-state index contributed by atoms with van der Waals surface area (Å²) in [7, 11) is 0. The number of rotatable bonds is 4. The van der Waals surface area contributed by atoms with Crippen molar-refractivity contribution < 1.29 is 13.2 Å². The van der Waals surface area contributed by atoms with Gasteiger partial charge in [0.2, 0.25) is 0 Å². The van der Waals surface area contributed by atoms with Gasteiger partial charge in [-0.1, -0.05) is 40.9 Å². The predicted octanol–water partition coefficient (Wildman–Crippen LogP) is 4.71. The lowest BCUT2D eigenvalue weighted by molar-refractivity contribution is -0.136. The quantitative estimate of drug-likeness (QED) is 0.628. The van der Waals surface area contributed by atoms with E-state index in [0.717, 1.165) is 22.9 Å². The van der Waals surface area contributed by atoms with Crippen molar-refractivity contribution in [3.63, 3.8) is 0 Å². The lowest BCUT2D eigenvalue weighted by atomic mass is 10.1. The average molecular weight is 394 g/mol. The Bertz CT molecular complexity index is 878. The van der Waals surface area contributed by atoms with Crippen LogP contribution in [0.5, 0.6) is 0 Å². The highest BCUT2D eigenvalue weighted by atomic mass is 32.1. The van der Waals surface area contributed by atoms with Crippen LogP contribution in [0.3, 0.4) is 0 Å². The van der Waals surface area contributed by atoms with Gasteiger partial charge in [0, 0.05) is 17.5 Å². The molecule has 0 aliphatic heterocycles. The van der Waals surface area contributed by atoms with Crippen molar-refractivity contribution in [1.82, 2.24) is 14.9 Å². The molecular weight excluding hydrogens is 381 g/mol. The van der Waals surface area contributed by atoms with E-state index in [1.54, 1.807) is 0 Å². The third-order valence-electron chi connectivity index (χ3n) is 3.54. The molecule has 0 spiro atoms. The molecule has 1 aromatic heterocycles. The van der Waals surface area contributed by atoms with E-state index in [4.69, 9.17) is 12.2 Å². The van der Waals surface area contributed by atoms with E-state index in [9.17, 15) is 13.2 Å². The van der Waals surface area contributed by atoms with Crippen molar-refractivity contribution in [2.24, 2.45) is 0 Å². The largest absolute Gasteiger partial charge is 0.418 e.